The molecule has 0 spiro atoms. The summed E-state index contributed by atoms with van der Waals surface area (Å²) in [5.74, 6) is 0. The van der Waals surface area contributed by atoms with E-state index in [1.54, 1.807) is 7.11 Å². The zero-order valence-corrected chi connectivity index (χ0v) is 14.2. The average Bonchev–Trinajstić information content (AvgIpc) is 2.32. The first-order valence-electron chi connectivity index (χ1n) is 6.01. The Morgan fingerprint density at radius 2 is 2.28 bits per heavy atom. The number of anilines is 1. The normalized spacial score (nSPS) is 26.8. The number of hydrogen-bond acceptors (Lipinski definition) is 3. The first-order valence-corrected chi connectivity index (χ1v) is 7.89. The highest BCUT2D eigenvalue weighted by Crippen LogP contribution is 2.31. The van der Waals surface area contributed by atoms with Crippen molar-refractivity contribution < 1.29 is 9.47 Å². The highest BCUT2D eigenvalue weighted by Gasteiger charge is 2.42. The minimum atomic E-state index is 0.142. The zero-order chi connectivity index (χ0) is 13.1. The number of ether oxygens (including phenoxy) is 2. The van der Waals surface area contributed by atoms with E-state index >= 15 is 0 Å². The molecule has 1 aliphatic carbocycles. The number of benzene rings is 1. The highest BCUT2D eigenvalue weighted by atomic mass is 127. The third-order valence-electron chi connectivity index (χ3n) is 3.17. The van der Waals surface area contributed by atoms with E-state index in [4.69, 9.17) is 9.47 Å². The van der Waals surface area contributed by atoms with Crippen LogP contribution in [0.4, 0.5) is 5.69 Å². The Hall–Kier alpha value is 0.150. The number of methoxy groups -OCH3 is 1. The van der Waals surface area contributed by atoms with Crippen LogP contribution in [0.15, 0.2) is 22.7 Å². The van der Waals surface area contributed by atoms with Crippen molar-refractivity contribution in [1.82, 2.24) is 0 Å². The summed E-state index contributed by atoms with van der Waals surface area (Å²) in [5.41, 5.74) is 1.12. The van der Waals surface area contributed by atoms with Gasteiger partial charge in [0, 0.05) is 27.4 Å². The molecule has 1 fully saturated rings. The molecule has 1 N–H and O–H groups in total. The summed E-state index contributed by atoms with van der Waals surface area (Å²) in [6.45, 7) is 2.76. The van der Waals surface area contributed by atoms with E-state index in [-0.39, 0.29) is 12.2 Å². The Balaban J connectivity index is 1.96. The van der Waals surface area contributed by atoms with E-state index in [2.05, 4.69) is 62.0 Å². The predicted octanol–water partition coefficient (Wildman–Crippen LogP) is 3.66. The molecular weight excluding hydrogens is 409 g/mol. The van der Waals surface area contributed by atoms with Crippen LogP contribution in [0.2, 0.25) is 0 Å². The number of halogens is 2. The van der Waals surface area contributed by atoms with Gasteiger partial charge in [-0.3, -0.25) is 0 Å². The van der Waals surface area contributed by atoms with Crippen molar-refractivity contribution in [3.8, 4) is 0 Å². The van der Waals surface area contributed by atoms with Gasteiger partial charge in [0.25, 0.3) is 0 Å². The fourth-order valence-corrected chi connectivity index (χ4v) is 2.93. The molecule has 5 heteroatoms. The molecule has 0 heterocycles. The molecule has 2 rings (SSSR count). The van der Waals surface area contributed by atoms with Gasteiger partial charge in [0.2, 0.25) is 0 Å². The summed E-state index contributed by atoms with van der Waals surface area (Å²) in [6.07, 6.45) is 1.36. The fourth-order valence-electron chi connectivity index (χ4n) is 2.22. The van der Waals surface area contributed by atoms with Crippen LogP contribution in [0.25, 0.3) is 0 Å². The molecule has 3 nitrogen and oxygen atoms in total. The van der Waals surface area contributed by atoms with Gasteiger partial charge in [-0.2, -0.15) is 0 Å². The lowest BCUT2D eigenvalue weighted by atomic mass is 9.85. The molecule has 3 atom stereocenters. The molecule has 0 aliphatic heterocycles. The molecule has 0 saturated heterocycles. The molecule has 1 aliphatic rings. The number of rotatable bonds is 5. The van der Waals surface area contributed by atoms with Crippen LogP contribution in [0.5, 0.6) is 0 Å². The maximum atomic E-state index is 5.62. The minimum absolute atomic E-state index is 0.142. The van der Waals surface area contributed by atoms with Crippen molar-refractivity contribution in [3.05, 3.63) is 26.2 Å². The quantitative estimate of drug-likeness (QED) is 0.730. The molecule has 0 aromatic heterocycles. The van der Waals surface area contributed by atoms with E-state index < -0.39 is 0 Å². The lowest BCUT2D eigenvalue weighted by Crippen LogP contribution is -2.56. The van der Waals surface area contributed by atoms with Crippen molar-refractivity contribution in [2.45, 2.75) is 31.6 Å². The van der Waals surface area contributed by atoms with Crippen LogP contribution < -0.4 is 5.32 Å². The van der Waals surface area contributed by atoms with Crippen LogP contribution in [0, 0.1) is 3.57 Å². The lowest BCUT2D eigenvalue weighted by molar-refractivity contribution is -0.118. The highest BCUT2D eigenvalue weighted by molar-refractivity contribution is 14.1. The van der Waals surface area contributed by atoms with Gasteiger partial charge in [-0.05, 0) is 70.1 Å². The second kappa shape index (κ2) is 6.54. The summed E-state index contributed by atoms with van der Waals surface area (Å²) in [4.78, 5) is 0. The van der Waals surface area contributed by atoms with Gasteiger partial charge in [-0.1, -0.05) is 0 Å². The van der Waals surface area contributed by atoms with Gasteiger partial charge in [0.15, 0.2) is 0 Å². The molecule has 100 valence electrons. The summed E-state index contributed by atoms with van der Waals surface area (Å²) in [5, 5.41) is 3.50. The molecule has 0 amide bonds. The Kier molecular flexibility index (Phi) is 5.29. The van der Waals surface area contributed by atoms with Crippen molar-refractivity contribution in [3.63, 3.8) is 0 Å². The van der Waals surface area contributed by atoms with E-state index in [1.807, 2.05) is 6.92 Å². The smallest absolute Gasteiger partial charge is 0.103 e. The molecule has 1 saturated carbocycles. The van der Waals surface area contributed by atoms with Crippen molar-refractivity contribution >= 4 is 44.2 Å². The molecular formula is C13H17BrINO2. The largest absolute Gasteiger partial charge is 0.379 e. The van der Waals surface area contributed by atoms with E-state index in [1.165, 1.54) is 3.57 Å². The average molecular weight is 426 g/mol. The van der Waals surface area contributed by atoms with E-state index in [0.717, 1.165) is 23.2 Å². The van der Waals surface area contributed by atoms with Crippen LogP contribution in [0.3, 0.4) is 0 Å². The lowest BCUT2D eigenvalue weighted by Gasteiger charge is -2.43. The van der Waals surface area contributed by atoms with E-state index in [9.17, 15) is 0 Å². The number of nitrogens with one attached hydrogen (secondary N) is 1. The van der Waals surface area contributed by atoms with Gasteiger partial charge >= 0.3 is 0 Å². The summed E-state index contributed by atoms with van der Waals surface area (Å²) < 4.78 is 13.4. The van der Waals surface area contributed by atoms with Crippen LogP contribution in [-0.2, 0) is 9.47 Å². The monoisotopic (exact) mass is 425 g/mol. The van der Waals surface area contributed by atoms with Crippen LogP contribution >= 0.6 is 38.5 Å². The summed E-state index contributed by atoms with van der Waals surface area (Å²) in [6, 6.07) is 6.61. The minimum Gasteiger partial charge on any atom is -0.379 e. The standard InChI is InChI=1S/C13H17BrINO2/c1-3-18-12-7-11(13(12)17-2)16-8-4-5-10(15)9(14)6-8/h4-6,11-13,16H,3,7H2,1-2H3. The Labute approximate surface area is 130 Å². The van der Waals surface area contributed by atoms with Crippen molar-refractivity contribution in [2.75, 3.05) is 19.0 Å². The second-order valence-electron chi connectivity index (χ2n) is 4.31. The molecule has 1 aromatic carbocycles. The second-order valence-corrected chi connectivity index (χ2v) is 6.33. The molecule has 0 radical (unpaired) electrons. The maximum Gasteiger partial charge on any atom is 0.103 e. The first-order chi connectivity index (χ1) is 8.65. The zero-order valence-electron chi connectivity index (χ0n) is 10.5. The Morgan fingerprint density at radius 1 is 1.50 bits per heavy atom. The van der Waals surface area contributed by atoms with E-state index in [0.29, 0.717) is 6.04 Å². The van der Waals surface area contributed by atoms with Crippen LogP contribution in [0.1, 0.15) is 13.3 Å². The third-order valence-corrected chi connectivity index (χ3v) is 5.51. The van der Waals surface area contributed by atoms with Gasteiger partial charge in [-0.25, -0.2) is 0 Å². The first kappa shape index (κ1) is 14.6. The summed E-state index contributed by atoms with van der Waals surface area (Å²) in [7, 11) is 1.74. The van der Waals surface area contributed by atoms with Gasteiger partial charge in [0.1, 0.15) is 6.10 Å². The Morgan fingerprint density at radius 3 is 2.89 bits per heavy atom. The summed E-state index contributed by atoms with van der Waals surface area (Å²) >= 11 is 5.85. The third kappa shape index (κ3) is 3.18. The van der Waals surface area contributed by atoms with Crippen molar-refractivity contribution in [2.24, 2.45) is 0 Å². The topological polar surface area (TPSA) is 30.5 Å². The van der Waals surface area contributed by atoms with Gasteiger partial charge in [-0.15, -0.1) is 0 Å². The number of hydrogen-bond donors (Lipinski definition) is 1. The maximum absolute atomic E-state index is 5.62. The molecule has 1 aromatic rings. The molecule has 3 unspecified atom stereocenters. The SMILES string of the molecule is CCOC1CC(Nc2ccc(I)c(Br)c2)C1OC. The van der Waals surface area contributed by atoms with Crippen molar-refractivity contribution in [1.29, 1.82) is 0 Å². The Bertz CT molecular complexity index is 416. The fraction of sp³-hybridized carbons (Fsp3) is 0.538. The predicted molar refractivity (Wildman–Crippen MR) is 85.1 cm³/mol. The van der Waals surface area contributed by atoms with Gasteiger partial charge < -0.3 is 14.8 Å². The van der Waals surface area contributed by atoms with Crippen LogP contribution in [-0.4, -0.2) is 32.0 Å². The molecule has 18 heavy (non-hydrogen) atoms. The molecule has 0 bridgehead atoms. The van der Waals surface area contributed by atoms with Gasteiger partial charge in [0.05, 0.1) is 12.1 Å².